The first-order valence-electron chi connectivity index (χ1n) is 7.95. The molecular formula is C17H24N4. The maximum Gasteiger partial charge on any atom is 0.126 e. The third kappa shape index (κ3) is 2.95. The van der Waals surface area contributed by atoms with Crippen LogP contribution < -0.4 is 5.32 Å². The first-order valence-corrected chi connectivity index (χ1v) is 7.95. The molecule has 4 nitrogen and oxygen atoms in total. The highest BCUT2D eigenvalue weighted by Gasteiger charge is 2.15. The molecule has 4 heteroatoms. The normalized spacial score (nSPS) is 16.2. The lowest BCUT2D eigenvalue weighted by molar-refractivity contribution is 0.319. The van der Waals surface area contributed by atoms with Crippen LogP contribution in [0.3, 0.4) is 0 Å². The molecular weight excluding hydrogens is 260 g/mol. The summed E-state index contributed by atoms with van der Waals surface area (Å²) in [7, 11) is 0. The van der Waals surface area contributed by atoms with E-state index in [4.69, 9.17) is 4.98 Å². The van der Waals surface area contributed by atoms with E-state index in [9.17, 15) is 0 Å². The summed E-state index contributed by atoms with van der Waals surface area (Å²) >= 11 is 0. The topological polar surface area (TPSA) is 44.0 Å². The number of anilines is 1. The summed E-state index contributed by atoms with van der Waals surface area (Å²) in [5.74, 6) is 0.969. The summed E-state index contributed by atoms with van der Waals surface area (Å²) < 4.78 is 0. The molecule has 0 fully saturated rings. The van der Waals surface area contributed by atoms with Crippen molar-refractivity contribution in [2.75, 3.05) is 31.5 Å². The van der Waals surface area contributed by atoms with Gasteiger partial charge in [-0.15, -0.1) is 0 Å². The van der Waals surface area contributed by atoms with E-state index in [0.29, 0.717) is 0 Å². The van der Waals surface area contributed by atoms with Crippen LogP contribution in [0.25, 0.3) is 16.6 Å². The monoisotopic (exact) mass is 284 g/mol. The standard InChI is InChI=1S/C17H24N4/c1-3-9-18-16-6-5-15-17(20-16)14(12-19-15)13-7-10-21(4-2)11-8-13/h5-7,12,19H,3-4,8-11H2,1-2H3,(H,18,20). The molecule has 2 aromatic rings. The maximum atomic E-state index is 4.79. The molecule has 0 aromatic carbocycles. The smallest absolute Gasteiger partial charge is 0.126 e. The van der Waals surface area contributed by atoms with Gasteiger partial charge in [0.1, 0.15) is 5.82 Å². The van der Waals surface area contributed by atoms with Crippen LogP contribution in [0.4, 0.5) is 5.82 Å². The third-order valence-corrected chi connectivity index (χ3v) is 4.16. The van der Waals surface area contributed by atoms with Crippen molar-refractivity contribution < 1.29 is 0 Å². The average molecular weight is 284 g/mol. The molecule has 0 amide bonds. The summed E-state index contributed by atoms with van der Waals surface area (Å²) in [6, 6.07) is 4.16. The fraction of sp³-hybridized carbons (Fsp3) is 0.471. The van der Waals surface area contributed by atoms with Gasteiger partial charge in [-0.05, 0) is 37.1 Å². The van der Waals surface area contributed by atoms with Crippen LogP contribution in [0.15, 0.2) is 24.4 Å². The van der Waals surface area contributed by atoms with Gasteiger partial charge in [0.15, 0.2) is 0 Å². The van der Waals surface area contributed by atoms with Gasteiger partial charge in [-0.25, -0.2) is 4.98 Å². The highest BCUT2D eigenvalue weighted by molar-refractivity contribution is 5.90. The second-order valence-electron chi connectivity index (χ2n) is 5.59. The Hall–Kier alpha value is -1.81. The third-order valence-electron chi connectivity index (χ3n) is 4.16. The van der Waals surface area contributed by atoms with E-state index in [0.717, 1.165) is 55.9 Å². The van der Waals surface area contributed by atoms with Crippen molar-refractivity contribution in [3.8, 4) is 0 Å². The predicted molar refractivity (Wildman–Crippen MR) is 89.6 cm³/mol. The molecule has 3 rings (SSSR count). The Morgan fingerprint density at radius 3 is 2.95 bits per heavy atom. The van der Waals surface area contributed by atoms with E-state index in [-0.39, 0.29) is 0 Å². The summed E-state index contributed by atoms with van der Waals surface area (Å²) in [4.78, 5) is 10.6. The molecule has 0 unspecified atom stereocenters. The van der Waals surface area contributed by atoms with Gasteiger partial charge in [0.25, 0.3) is 0 Å². The van der Waals surface area contributed by atoms with Crippen molar-refractivity contribution >= 4 is 22.4 Å². The molecule has 21 heavy (non-hydrogen) atoms. The number of pyridine rings is 1. The van der Waals surface area contributed by atoms with Crippen LogP contribution in [-0.4, -0.2) is 41.0 Å². The Balaban J connectivity index is 1.90. The lowest BCUT2D eigenvalue weighted by Gasteiger charge is -2.24. The van der Waals surface area contributed by atoms with Gasteiger partial charge in [0.05, 0.1) is 11.0 Å². The van der Waals surface area contributed by atoms with Crippen LogP contribution in [0.2, 0.25) is 0 Å². The highest BCUT2D eigenvalue weighted by atomic mass is 15.1. The molecule has 1 aliphatic heterocycles. The minimum atomic E-state index is 0.965. The Morgan fingerprint density at radius 1 is 1.33 bits per heavy atom. The van der Waals surface area contributed by atoms with Crippen LogP contribution >= 0.6 is 0 Å². The zero-order valence-electron chi connectivity index (χ0n) is 12.9. The number of H-pyrrole nitrogens is 1. The Morgan fingerprint density at radius 2 is 2.24 bits per heavy atom. The average Bonchev–Trinajstić information content (AvgIpc) is 2.96. The van der Waals surface area contributed by atoms with Gasteiger partial charge in [-0.2, -0.15) is 0 Å². The van der Waals surface area contributed by atoms with Crippen molar-refractivity contribution in [3.05, 3.63) is 30.0 Å². The number of aromatic amines is 1. The van der Waals surface area contributed by atoms with Gasteiger partial charge < -0.3 is 10.3 Å². The van der Waals surface area contributed by atoms with E-state index in [2.05, 4.69) is 47.4 Å². The summed E-state index contributed by atoms with van der Waals surface area (Å²) in [6.07, 6.45) is 6.67. The van der Waals surface area contributed by atoms with Crippen LogP contribution in [0, 0.1) is 0 Å². The molecule has 0 radical (unpaired) electrons. The fourth-order valence-corrected chi connectivity index (χ4v) is 2.84. The second kappa shape index (κ2) is 6.31. The number of aromatic nitrogens is 2. The SMILES string of the molecule is CCCNc1ccc2[nH]cc(C3=CCN(CC)CC3)c2n1. The number of fused-ring (bicyclic) bond motifs is 1. The van der Waals surface area contributed by atoms with Crippen molar-refractivity contribution in [2.45, 2.75) is 26.7 Å². The van der Waals surface area contributed by atoms with Gasteiger partial charge in [-0.1, -0.05) is 19.9 Å². The molecule has 0 atom stereocenters. The number of likely N-dealkylation sites (N-methyl/N-ethyl adjacent to an activating group) is 1. The fourth-order valence-electron chi connectivity index (χ4n) is 2.84. The summed E-state index contributed by atoms with van der Waals surface area (Å²) in [6.45, 7) is 8.67. The maximum absolute atomic E-state index is 4.79. The number of nitrogens with zero attached hydrogens (tertiary/aromatic N) is 2. The molecule has 1 aliphatic rings. The van der Waals surface area contributed by atoms with E-state index in [1.165, 1.54) is 11.1 Å². The van der Waals surface area contributed by atoms with E-state index < -0.39 is 0 Å². The van der Waals surface area contributed by atoms with E-state index in [1.807, 2.05) is 6.07 Å². The Bertz CT molecular complexity index is 641. The van der Waals surface area contributed by atoms with Gasteiger partial charge in [0, 0.05) is 31.4 Å². The lowest BCUT2D eigenvalue weighted by atomic mass is 10.0. The molecule has 0 aliphatic carbocycles. The van der Waals surface area contributed by atoms with Crippen LogP contribution in [-0.2, 0) is 0 Å². The van der Waals surface area contributed by atoms with Crippen molar-refractivity contribution in [1.29, 1.82) is 0 Å². The molecule has 0 saturated heterocycles. The van der Waals surface area contributed by atoms with Crippen LogP contribution in [0.5, 0.6) is 0 Å². The first kappa shape index (κ1) is 14.1. The number of hydrogen-bond acceptors (Lipinski definition) is 3. The minimum absolute atomic E-state index is 0.965. The Labute approximate surface area is 126 Å². The van der Waals surface area contributed by atoms with Crippen molar-refractivity contribution in [1.82, 2.24) is 14.9 Å². The highest BCUT2D eigenvalue weighted by Crippen LogP contribution is 2.28. The van der Waals surface area contributed by atoms with Crippen molar-refractivity contribution in [2.24, 2.45) is 0 Å². The van der Waals surface area contributed by atoms with Gasteiger partial charge in [0.2, 0.25) is 0 Å². The molecule has 2 N–H and O–H groups in total. The predicted octanol–water partition coefficient (Wildman–Crippen LogP) is 3.49. The van der Waals surface area contributed by atoms with Gasteiger partial charge in [-0.3, -0.25) is 4.90 Å². The summed E-state index contributed by atoms with van der Waals surface area (Å²) in [5, 5.41) is 3.37. The zero-order valence-corrected chi connectivity index (χ0v) is 12.9. The van der Waals surface area contributed by atoms with E-state index >= 15 is 0 Å². The Kier molecular flexibility index (Phi) is 4.25. The van der Waals surface area contributed by atoms with Gasteiger partial charge >= 0.3 is 0 Å². The number of rotatable bonds is 5. The molecule has 112 valence electrons. The molecule has 3 heterocycles. The largest absolute Gasteiger partial charge is 0.370 e. The minimum Gasteiger partial charge on any atom is -0.370 e. The zero-order chi connectivity index (χ0) is 14.7. The van der Waals surface area contributed by atoms with E-state index in [1.54, 1.807) is 0 Å². The molecule has 0 bridgehead atoms. The lowest BCUT2D eigenvalue weighted by Crippen LogP contribution is -2.27. The van der Waals surface area contributed by atoms with Crippen LogP contribution in [0.1, 0.15) is 32.3 Å². The molecule has 0 spiro atoms. The van der Waals surface area contributed by atoms with Crippen molar-refractivity contribution in [3.63, 3.8) is 0 Å². The number of nitrogens with one attached hydrogen (secondary N) is 2. The number of hydrogen-bond donors (Lipinski definition) is 2. The molecule has 0 saturated carbocycles. The second-order valence-corrected chi connectivity index (χ2v) is 5.59. The summed E-state index contributed by atoms with van der Waals surface area (Å²) in [5.41, 5.74) is 4.89. The first-order chi connectivity index (χ1) is 10.3. The quantitative estimate of drug-likeness (QED) is 0.883. The molecule has 2 aromatic heterocycles.